The lowest BCUT2D eigenvalue weighted by atomic mass is 10.1. The smallest absolute Gasteiger partial charge is 0.311 e. The average Bonchev–Trinajstić information content (AvgIpc) is 3.25. The minimum atomic E-state index is -0.706. The first kappa shape index (κ1) is 16.9. The number of carbonyl (C=O) groups is 3. The Hall–Kier alpha value is -2.45. The SMILES string of the molecule is CCOC(=O)[C@@H]1C2[C@@H]1CC[C@H](NC(=O)C(N)=NC=N)C(=O)N2C.[HH].[HH]. The molecule has 4 atom stereocenters. The Labute approximate surface area is 136 Å². The number of nitrogens with zero attached hydrogens (tertiary/aromatic N) is 2. The van der Waals surface area contributed by atoms with E-state index in [1.807, 2.05) is 0 Å². The second-order valence-corrected chi connectivity index (χ2v) is 5.63. The fourth-order valence-corrected chi connectivity index (χ4v) is 3.16. The molecule has 2 amide bonds. The van der Waals surface area contributed by atoms with Crippen LogP contribution in [0.2, 0.25) is 0 Å². The van der Waals surface area contributed by atoms with Crippen molar-refractivity contribution in [3.05, 3.63) is 0 Å². The molecule has 0 aromatic rings. The zero-order valence-corrected chi connectivity index (χ0v) is 13.1. The average molecular weight is 327 g/mol. The van der Waals surface area contributed by atoms with Crippen LogP contribution in [0.15, 0.2) is 4.99 Å². The number of ether oxygens (including phenoxy) is 1. The predicted octanol–water partition coefficient (Wildman–Crippen LogP) is -0.643. The van der Waals surface area contributed by atoms with Crippen molar-refractivity contribution in [1.82, 2.24) is 10.2 Å². The van der Waals surface area contributed by atoms with E-state index in [9.17, 15) is 14.4 Å². The molecule has 130 valence electrons. The summed E-state index contributed by atoms with van der Waals surface area (Å²) in [6.45, 7) is 2.06. The molecule has 1 aliphatic carbocycles. The molecule has 1 unspecified atom stereocenters. The van der Waals surface area contributed by atoms with E-state index in [0.29, 0.717) is 25.8 Å². The molecule has 9 heteroatoms. The Balaban J connectivity index is 0.00000288. The summed E-state index contributed by atoms with van der Waals surface area (Å²) in [7, 11) is 1.62. The van der Waals surface area contributed by atoms with Crippen LogP contribution in [-0.2, 0) is 19.1 Å². The van der Waals surface area contributed by atoms with Gasteiger partial charge in [0.15, 0.2) is 5.84 Å². The largest absolute Gasteiger partial charge is 0.466 e. The van der Waals surface area contributed by atoms with Crippen molar-refractivity contribution in [3.63, 3.8) is 0 Å². The Morgan fingerprint density at radius 3 is 2.87 bits per heavy atom. The van der Waals surface area contributed by atoms with Crippen LogP contribution in [0.1, 0.15) is 22.6 Å². The lowest BCUT2D eigenvalue weighted by Crippen LogP contribution is -2.50. The maximum Gasteiger partial charge on any atom is 0.311 e. The van der Waals surface area contributed by atoms with Crippen LogP contribution in [0.3, 0.4) is 0 Å². The van der Waals surface area contributed by atoms with Crippen LogP contribution >= 0.6 is 0 Å². The van der Waals surface area contributed by atoms with Gasteiger partial charge in [0, 0.05) is 15.9 Å². The number of likely N-dealkylation sites (N-methyl/N-ethyl adjacent to an activating group) is 1. The highest BCUT2D eigenvalue weighted by Crippen LogP contribution is 2.48. The third-order valence-corrected chi connectivity index (χ3v) is 4.31. The number of nitrogens with two attached hydrogens (primary N) is 1. The Kier molecular flexibility index (Phi) is 4.97. The molecule has 0 aromatic heterocycles. The van der Waals surface area contributed by atoms with Crippen molar-refractivity contribution in [1.29, 1.82) is 5.41 Å². The van der Waals surface area contributed by atoms with Gasteiger partial charge in [-0.25, -0.2) is 4.99 Å². The maximum atomic E-state index is 12.5. The summed E-state index contributed by atoms with van der Waals surface area (Å²) in [5.41, 5.74) is 5.40. The first-order valence-electron chi connectivity index (χ1n) is 7.48. The summed E-state index contributed by atoms with van der Waals surface area (Å²) in [6.07, 6.45) is 1.72. The van der Waals surface area contributed by atoms with Gasteiger partial charge in [-0.1, -0.05) is 0 Å². The first-order chi connectivity index (χ1) is 10.9. The van der Waals surface area contributed by atoms with Gasteiger partial charge < -0.3 is 20.7 Å². The second kappa shape index (κ2) is 6.76. The van der Waals surface area contributed by atoms with E-state index in [1.165, 1.54) is 4.90 Å². The number of rotatable bonds is 4. The standard InChI is InChI=1S/C14H21N5O4.2H2/c1-3-23-14(22)9-7-4-5-8(13(21)19(2)10(7)9)18-12(20)11(16)17-6-15;;/h6-10H,3-5H2,1-2H3,(H,18,20)(H3,15,16,17);2*1H/t7-,8+,9+,10?;;/m1../s1. The monoisotopic (exact) mass is 327 g/mol. The number of aliphatic imine (C=N–C) groups is 1. The van der Waals surface area contributed by atoms with Gasteiger partial charge in [-0.3, -0.25) is 19.8 Å². The number of hydrogen-bond acceptors (Lipinski definition) is 5. The highest BCUT2D eigenvalue weighted by atomic mass is 16.5. The van der Waals surface area contributed by atoms with Crippen molar-refractivity contribution < 1.29 is 22.0 Å². The van der Waals surface area contributed by atoms with Crippen LogP contribution in [0.4, 0.5) is 0 Å². The van der Waals surface area contributed by atoms with Crippen molar-refractivity contribution in [3.8, 4) is 0 Å². The van der Waals surface area contributed by atoms with E-state index in [1.54, 1.807) is 14.0 Å². The lowest BCUT2D eigenvalue weighted by Gasteiger charge is -2.23. The third kappa shape index (κ3) is 3.33. The third-order valence-electron chi connectivity index (χ3n) is 4.31. The molecule has 0 spiro atoms. The van der Waals surface area contributed by atoms with Crippen molar-refractivity contribution in [2.75, 3.05) is 13.7 Å². The molecular weight excluding hydrogens is 302 g/mol. The minimum absolute atomic E-state index is 0. The number of likely N-dealkylation sites (tertiary alicyclic amines) is 1. The Bertz CT molecular complexity index is 571. The summed E-state index contributed by atoms with van der Waals surface area (Å²) in [6, 6.07) is -0.876. The maximum absolute atomic E-state index is 12.5. The minimum Gasteiger partial charge on any atom is -0.466 e. The molecule has 2 fully saturated rings. The van der Waals surface area contributed by atoms with Gasteiger partial charge in [-0.2, -0.15) is 0 Å². The van der Waals surface area contributed by atoms with Crippen molar-refractivity contribution in [2.24, 2.45) is 22.6 Å². The molecule has 1 saturated carbocycles. The second-order valence-electron chi connectivity index (χ2n) is 5.63. The summed E-state index contributed by atoms with van der Waals surface area (Å²) < 4.78 is 5.03. The van der Waals surface area contributed by atoms with E-state index in [2.05, 4.69) is 10.3 Å². The zero-order chi connectivity index (χ0) is 17.1. The van der Waals surface area contributed by atoms with Gasteiger partial charge in [0.1, 0.15) is 12.4 Å². The molecule has 4 N–H and O–H groups in total. The molecule has 1 aliphatic heterocycles. The van der Waals surface area contributed by atoms with E-state index >= 15 is 0 Å². The van der Waals surface area contributed by atoms with Crippen LogP contribution in [0, 0.1) is 17.2 Å². The quantitative estimate of drug-likeness (QED) is 0.358. The van der Waals surface area contributed by atoms with Crippen LogP contribution in [-0.4, -0.2) is 60.6 Å². The van der Waals surface area contributed by atoms with Gasteiger partial charge in [-0.15, -0.1) is 0 Å². The summed E-state index contributed by atoms with van der Waals surface area (Å²) >= 11 is 0. The van der Waals surface area contributed by atoms with Gasteiger partial charge in [0.2, 0.25) is 5.91 Å². The fraction of sp³-hybridized carbons (Fsp3) is 0.643. The zero-order valence-electron chi connectivity index (χ0n) is 13.1. The molecular formula is C14H25N5O4. The molecule has 0 aromatic carbocycles. The molecule has 23 heavy (non-hydrogen) atoms. The van der Waals surface area contributed by atoms with Gasteiger partial charge in [0.05, 0.1) is 12.5 Å². The molecule has 2 aliphatic rings. The normalized spacial score (nSPS) is 30.1. The number of amidine groups is 1. The Morgan fingerprint density at radius 2 is 2.26 bits per heavy atom. The van der Waals surface area contributed by atoms with Crippen LogP contribution in [0.25, 0.3) is 0 Å². The number of amides is 2. The van der Waals surface area contributed by atoms with E-state index in [4.69, 9.17) is 15.9 Å². The summed E-state index contributed by atoms with van der Waals surface area (Å²) in [5, 5.41) is 9.32. The van der Waals surface area contributed by atoms with Crippen LogP contribution < -0.4 is 11.1 Å². The fourth-order valence-electron chi connectivity index (χ4n) is 3.16. The van der Waals surface area contributed by atoms with Crippen molar-refractivity contribution in [2.45, 2.75) is 31.8 Å². The van der Waals surface area contributed by atoms with E-state index in [-0.39, 0.29) is 38.4 Å². The molecule has 0 radical (unpaired) electrons. The van der Waals surface area contributed by atoms with Gasteiger partial charge in [0.25, 0.3) is 5.91 Å². The first-order valence-corrected chi connectivity index (χ1v) is 7.48. The number of fused-ring (bicyclic) bond motifs is 1. The number of hydrogen-bond donors (Lipinski definition) is 3. The topological polar surface area (TPSA) is 138 Å². The number of carbonyl (C=O) groups excluding carboxylic acids is 3. The number of nitrogens with one attached hydrogen (secondary N) is 2. The highest BCUT2D eigenvalue weighted by molar-refractivity contribution is 6.38. The molecule has 0 bridgehead atoms. The Morgan fingerprint density at radius 1 is 1.57 bits per heavy atom. The summed E-state index contributed by atoms with van der Waals surface area (Å²) in [5.74, 6) is -1.79. The van der Waals surface area contributed by atoms with Gasteiger partial charge in [-0.05, 0) is 25.7 Å². The van der Waals surface area contributed by atoms with Crippen LogP contribution in [0.5, 0.6) is 0 Å². The summed E-state index contributed by atoms with van der Waals surface area (Å²) in [4.78, 5) is 41.0. The van der Waals surface area contributed by atoms with Crippen molar-refractivity contribution >= 4 is 30.0 Å². The molecule has 2 rings (SSSR count). The predicted molar refractivity (Wildman–Crippen MR) is 86.0 cm³/mol. The molecule has 9 nitrogen and oxygen atoms in total. The lowest BCUT2D eigenvalue weighted by molar-refractivity contribution is -0.146. The number of esters is 1. The van der Waals surface area contributed by atoms with E-state index in [0.717, 1.165) is 0 Å². The highest BCUT2D eigenvalue weighted by Gasteiger charge is 2.60. The van der Waals surface area contributed by atoms with E-state index < -0.39 is 11.9 Å². The van der Waals surface area contributed by atoms with Gasteiger partial charge >= 0.3 is 5.97 Å². The molecule has 1 heterocycles. The molecule has 1 saturated heterocycles.